The predicted molar refractivity (Wildman–Crippen MR) is 105 cm³/mol. The van der Waals surface area contributed by atoms with Crippen LogP contribution < -0.4 is 10.6 Å². The molecule has 0 aliphatic carbocycles. The first-order valence-electron chi connectivity index (χ1n) is 9.32. The van der Waals surface area contributed by atoms with Crippen molar-refractivity contribution in [2.75, 3.05) is 19.6 Å². The molecule has 146 valence electrons. The molecular weight excluding hydrogens is 342 g/mol. The topological polar surface area (TPSA) is 89.8 Å². The van der Waals surface area contributed by atoms with Crippen LogP contribution in [0.1, 0.15) is 45.2 Å². The zero-order chi connectivity index (χ0) is 19.9. The standard InChI is InChI=1S/C20H29N5O2/c1-5-22-18(23-13-16-8-6-7-15(11-16)12-21)25-10-9-17(14-25)24-19(26)27-20(2,3)4/h6-8,11,17H,5,9-10,13-14H2,1-4H3,(H,22,23)(H,24,26). The predicted octanol–water partition coefficient (Wildman–Crippen LogP) is 2.62. The Kier molecular flexibility index (Phi) is 7.05. The SMILES string of the molecule is CCNC(=NCc1cccc(C#N)c1)N1CCC(NC(=O)OC(C)(C)C)C1. The maximum Gasteiger partial charge on any atom is 0.407 e. The van der Waals surface area contributed by atoms with Gasteiger partial charge in [0.2, 0.25) is 0 Å². The zero-order valence-corrected chi connectivity index (χ0v) is 16.6. The van der Waals surface area contributed by atoms with E-state index in [1.807, 2.05) is 45.9 Å². The average Bonchev–Trinajstić information content (AvgIpc) is 3.05. The summed E-state index contributed by atoms with van der Waals surface area (Å²) in [6.45, 7) is 10.3. The van der Waals surface area contributed by atoms with Gasteiger partial charge in [0.25, 0.3) is 0 Å². The number of benzene rings is 1. The highest BCUT2D eigenvalue weighted by molar-refractivity contribution is 5.80. The van der Waals surface area contributed by atoms with Crippen LogP contribution in [0.15, 0.2) is 29.3 Å². The minimum Gasteiger partial charge on any atom is -0.444 e. The lowest BCUT2D eigenvalue weighted by molar-refractivity contribution is 0.0507. The van der Waals surface area contributed by atoms with Gasteiger partial charge in [-0.2, -0.15) is 5.26 Å². The van der Waals surface area contributed by atoms with Crippen LogP contribution >= 0.6 is 0 Å². The van der Waals surface area contributed by atoms with Gasteiger partial charge in [0.15, 0.2) is 5.96 Å². The first kappa shape index (κ1) is 20.6. The van der Waals surface area contributed by atoms with E-state index in [2.05, 4.69) is 21.6 Å². The number of hydrogen-bond acceptors (Lipinski definition) is 4. The Morgan fingerprint density at radius 1 is 1.44 bits per heavy atom. The molecule has 2 rings (SSSR count). The van der Waals surface area contributed by atoms with Crippen LogP contribution in [0.5, 0.6) is 0 Å². The second-order valence-electron chi connectivity index (χ2n) is 7.56. The highest BCUT2D eigenvalue weighted by atomic mass is 16.6. The number of rotatable bonds is 4. The lowest BCUT2D eigenvalue weighted by Gasteiger charge is -2.23. The van der Waals surface area contributed by atoms with Crippen LogP contribution in [0.25, 0.3) is 0 Å². The van der Waals surface area contributed by atoms with Crippen molar-refractivity contribution in [3.8, 4) is 6.07 Å². The van der Waals surface area contributed by atoms with Crippen molar-refractivity contribution in [1.82, 2.24) is 15.5 Å². The van der Waals surface area contributed by atoms with Crippen molar-refractivity contribution in [3.05, 3.63) is 35.4 Å². The Morgan fingerprint density at radius 2 is 2.22 bits per heavy atom. The minimum atomic E-state index is -0.503. The first-order chi connectivity index (χ1) is 12.8. The van der Waals surface area contributed by atoms with Crippen molar-refractivity contribution < 1.29 is 9.53 Å². The van der Waals surface area contributed by atoms with E-state index in [-0.39, 0.29) is 12.1 Å². The third-order valence-electron chi connectivity index (χ3n) is 4.01. The molecule has 1 aliphatic rings. The number of alkyl carbamates (subject to hydrolysis) is 1. The molecule has 1 amide bonds. The molecular formula is C20H29N5O2. The number of carbonyl (C=O) groups is 1. The smallest absolute Gasteiger partial charge is 0.407 e. The van der Waals surface area contributed by atoms with Crippen LogP contribution in [0, 0.1) is 11.3 Å². The fourth-order valence-corrected chi connectivity index (χ4v) is 2.88. The van der Waals surface area contributed by atoms with Gasteiger partial charge in [-0.25, -0.2) is 9.79 Å². The number of amides is 1. The maximum atomic E-state index is 12.0. The molecule has 7 nitrogen and oxygen atoms in total. The van der Waals surface area contributed by atoms with Crippen molar-refractivity contribution in [3.63, 3.8) is 0 Å². The summed E-state index contributed by atoms with van der Waals surface area (Å²) in [7, 11) is 0. The fraction of sp³-hybridized carbons (Fsp3) is 0.550. The summed E-state index contributed by atoms with van der Waals surface area (Å²) in [6, 6.07) is 9.65. The number of aliphatic imine (C=N–C) groups is 1. The van der Waals surface area contributed by atoms with E-state index < -0.39 is 5.60 Å². The molecule has 0 spiro atoms. The molecule has 1 aromatic carbocycles. The average molecular weight is 371 g/mol. The van der Waals surface area contributed by atoms with E-state index in [9.17, 15) is 4.79 Å². The van der Waals surface area contributed by atoms with E-state index in [4.69, 9.17) is 15.0 Å². The van der Waals surface area contributed by atoms with Crippen molar-refractivity contribution in [1.29, 1.82) is 5.26 Å². The summed E-state index contributed by atoms with van der Waals surface area (Å²) in [5.41, 5.74) is 1.12. The first-order valence-corrected chi connectivity index (χ1v) is 9.32. The van der Waals surface area contributed by atoms with Gasteiger partial charge in [0, 0.05) is 19.6 Å². The second-order valence-corrected chi connectivity index (χ2v) is 7.56. The van der Waals surface area contributed by atoms with Crippen LogP contribution in [-0.2, 0) is 11.3 Å². The Bertz CT molecular complexity index is 718. The van der Waals surface area contributed by atoms with E-state index in [1.54, 1.807) is 6.07 Å². The Morgan fingerprint density at radius 3 is 2.89 bits per heavy atom. The number of nitrogens with zero attached hydrogens (tertiary/aromatic N) is 3. The summed E-state index contributed by atoms with van der Waals surface area (Å²) in [6.07, 6.45) is 0.456. The van der Waals surface area contributed by atoms with Crippen molar-refractivity contribution >= 4 is 12.1 Å². The molecule has 1 atom stereocenters. The van der Waals surface area contributed by atoms with Gasteiger partial charge in [0.1, 0.15) is 5.60 Å². The highest BCUT2D eigenvalue weighted by Crippen LogP contribution is 2.13. The molecule has 0 aromatic heterocycles. The Hall–Kier alpha value is -2.75. The molecule has 7 heteroatoms. The molecule has 0 saturated carbocycles. The molecule has 1 aromatic rings. The zero-order valence-electron chi connectivity index (χ0n) is 16.6. The molecule has 1 heterocycles. The Balaban J connectivity index is 1.96. The summed E-state index contributed by atoms with van der Waals surface area (Å²) in [5, 5.41) is 15.2. The number of nitrogens with one attached hydrogen (secondary N) is 2. The van der Waals surface area contributed by atoms with Crippen LogP contribution in [0.2, 0.25) is 0 Å². The minimum absolute atomic E-state index is 0.0330. The summed E-state index contributed by atoms with van der Waals surface area (Å²) in [4.78, 5) is 18.8. The van der Waals surface area contributed by atoms with Crippen LogP contribution in [-0.4, -0.2) is 48.2 Å². The molecule has 2 N–H and O–H groups in total. The highest BCUT2D eigenvalue weighted by Gasteiger charge is 2.27. The van der Waals surface area contributed by atoms with Gasteiger partial charge < -0.3 is 20.3 Å². The van der Waals surface area contributed by atoms with E-state index in [0.29, 0.717) is 18.7 Å². The van der Waals surface area contributed by atoms with Crippen molar-refractivity contribution in [2.24, 2.45) is 4.99 Å². The van der Waals surface area contributed by atoms with Gasteiger partial charge in [-0.1, -0.05) is 12.1 Å². The largest absolute Gasteiger partial charge is 0.444 e. The normalized spacial score (nSPS) is 17.4. The molecule has 1 unspecified atom stereocenters. The van der Waals surface area contributed by atoms with Gasteiger partial charge in [-0.15, -0.1) is 0 Å². The molecule has 1 fully saturated rings. The van der Waals surface area contributed by atoms with Gasteiger partial charge in [0.05, 0.1) is 24.2 Å². The molecule has 0 bridgehead atoms. The molecule has 27 heavy (non-hydrogen) atoms. The van der Waals surface area contributed by atoms with Crippen LogP contribution in [0.4, 0.5) is 4.79 Å². The lowest BCUT2D eigenvalue weighted by Crippen LogP contribution is -2.44. The van der Waals surface area contributed by atoms with Gasteiger partial charge in [-0.3, -0.25) is 0 Å². The molecule has 0 radical (unpaired) electrons. The van der Waals surface area contributed by atoms with Gasteiger partial charge >= 0.3 is 6.09 Å². The number of hydrogen-bond donors (Lipinski definition) is 2. The van der Waals surface area contributed by atoms with Gasteiger partial charge in [-0.05, 0) is 51.8 Å². The maximum absolute atomic E-state index is 12.0. The van der Waals surface area contributed by atoms with Crippen LogP contribution in [0.3, 0.4) is 0 Å². The lowest BCUT2D eigenvalue weighted by atomic mass is 10.1. The third-order valence-corrected chi connectivity index (χ3v) is 4.01. The fourth-order valence-electron chi connectivity index (χ4n) is 2.88. The second kappa shape index (κ2) is 9.26. The summed E-state index contributed by atoms with van der Waals surface area (Å²) in [5.74, 6) is 0.813. The summed E-state index contributed by atoms with van der Waals surface area (Å²) < 4.78 is 5.33. The van der Waals surface area contributed by atoms with E-state index in [1.165, 1.54) is 0 Å². The monoisotopic (exact) mass is 371 g/mol. The summed E-state index contributed by atoms with van der Waals surface area (Å²) >= 11 is 0. The number of nitriles is 1. The quantitative estimate of drug-likeness (QED) is 0.627. The molecule has 1 saturated heterocycles. The number of likely N-dealkylation sites (tertiary alicyclic amines) is 1. The van der Waals surface area contributed by atoms with E-state index in [0.717, 1.165) is 31.0 Å². The van der Waals surface area contributed by atoms with E-state index >= 15 is 0 Å². The van der Waals surface area contributed by atoms with Crippen molar-refractivity contribution in [2.45, 2.75) is 52.3 Å². The number of carbonyl (C=O) groups excluding carboxylic acids is 1. The number of guanidine groups is 1. The molecule has 1 aliphatic heterocycles. The Labute approximate surface area is 161 Å². The third kappa shape index (κ3) is 6.81. The number of ether oxygens (including phenoxy) is 1.